The Balaban J connectivity index is 0.00000191. The van der Waals surface area contributed by atoms with E-state index in [0.29, 0.717) is 12.3 Å². The van der Waals surface area contributed by atoms with Crippen LogP contribution in [0.1, 0.15) is 33.3 Å². The van der Waals surface area contributed by atoms with Crippen molar-refractivity contribution in [3.63, 3.8) is 0 Å². The summed E-state index contributed by atoms with van der Waals surface area (Å²) >= 11 is 0. The van der Waals surface area contributed by atoms with E-state index in [1.165, 1.54) is 5.56 Å². The Hall–Kier alpha value is -2.03. The van der Waals surface area contributed by atoms with Gasteiger partial charge in [-0.25, -0.2) is 0 Å². The summed E-state index contributed by atoms with van der Waals surface area (Å²) in [5.74, 6) is 0.588. The number of benzene rings is 1. The van der Waals surface area contributed by atoms with Gasteiger partial charge in [-0.2, -0.15) is 0 Å². The molecule has 0 atom stereocenters. The van der Waals surface area contributed by atoms with Crippen LogP contribution in [-0.4, -0.2) is 19.1 Å². The number of amides is 1. The molecule has 0 bridgehead atoms. The van der Waals surface area contributed by atoms with Gasteiger partial charge in [0.2, 0.25) is 0 Å². The molecule has 0 radical (unpaired) electrons. The van der Waals surface area contributed by atoms with Gasteiger partial charge >= 0.3 is 0 Å². The lowest BCUT2D eigenvalue weighted by molar-refractivity contribution is -0.122. The van der Waals surface area contributed by atoms with Crippen LogP contribution in [0.2, 0.25) is 0 Å². The summed E-state index contributed by atoms with van der Waals surface area (Å²) in [6.45, 7) is 10.5. The number of ether oxygens (including phenoxy) is 1. The van der Waals surface area contributed by atoms with Crippen molar-refractivity contribution in [2.75, 3.05) is 13.2 Å². The topological polar surface area (TPSA) is 38.3 Å². The van der Waals surface area contributed by atoms with Crippen molar-refractivity contribution in [2.24, 2.45) is 0 Å². The van der Waals surface area contributed by atoms with Crippen LogP contribution >= 0.6 is 0 Å². The molecule has 0 aliphatic carbocycles. The highest BCUT2D eigenvalue weighted by Gasteiger charge is 2.02. The predicted octanol–water partition coefficient (Wildman–Crippen LogP) is 4.04. The molecule has 0 spiro atoms. The molecule has 0 saturated heterocycles. The molecule has 0 fully saturated rings. The van der Waals surface area contributed by atoms with Crippen LogP contribution in [0.25, 0.3) is 0 Å². The van der Waals surface area contributed by atoms with Crippen molar-refractivity contribution in [1.29, 1.82) is 0 Å². The van der Waals surface area contributed by atoms with E-state index < -0.39 is 0 Å². The molecule has 0 aliphatic rings. The molecule has 21 heavy (non-hydrogen) atoms. The Morgan fingerprint density at radius 1 is 1.19 bits per heavy atom. The molecule has 1 rings (SSSR count). The lowest BCUT2D eigenvalue weighted by Gasteiger charge is -2.08. The summed E-state index contributed by atoms with van der Waals surface area (Å²) < 4.78 is 5.40. The van der Waals surface area contributed by atoms with Crippen LogP contribution in [0.5, 0.6) is 5.75 Å². The zero-order valence-electron chi connectivity index (χ0n) is 13.8. The minimum absolute atomic E-state index is 0.0376. The van der Waals surface area contributed by atoms with Gasteiger partial charge in [0.1, 0.15) is 5.75 Å². The first-order chi connectivity index (χ1) is 10.2. The maximum absolute atomic E-state index is 11.6. The molecule has 3 heteroatoms. The zero-order chi connectivity index (χ0) is 16.1. The summed E-state index contributed by atoms with van der Waals surface area (Å²) in [5.41, 5.74) is 2.24. The van der Waals surface area contributed by atoms with Crippen molar-refractivity contribution < 1.29 is 9.53 Å². The summed E-state index contributed by atoms with van der Waals surface area (Å²) in [4.78, 5) is 11.6. The van der Waals surface area contributed by atoms with Gasteiger partial charge in [0.05, 0.1) is 0 Å². The van der Waals surface area contributed by atoms with Gasteiger partial charge in [-0.05, 0) is 38.5 Å². The van der Waals surface area contributed by atoms with E-state index in [4.69, 9.17) is 4.74 Å². The molecule has 0 aromatic heterocycles. The Bertz CT molecular complexity index is 459. The fourth-order valence-corrected chi connectivity index (χ4v) is 1.51. The van der Waals surface area contributed by atoms with Crippen molar-refractivity contribution in [1.82, 2.24) is 5.32 Å². The second kappa shape index (κ2) is 11.8. The van der Waals surface area contributed by atoms with Gasteiger partial charge in [0.25, 0.3) is 5.91 Å². The van der Waals surface area contributed by atoms with E-state index in [2.05, 4.69) is 5.32 Å². The van der Waals surface area contributed by atoms with Crippen LogP contribution in [0.4, 0.5) is 0 Å². The molecule has 1 aromatic carbocycles. The zero-order valence-corrected chi connectivity index (χ0v) is 13.8. The first-order valence-electron chi connectivity index (χ1n) is 7.39. The maximum Gasteiger partial charge on any atom is 0.258 e. The van der Waals surface area contributed by atoms with Crippen LogP contribution in [-0.2, 0) is 4.79 Å². The number of hydrogen-bond acceptors (Lipinski definition) is 2. The molecule has 1 amide bonds. The summed E-state index contributed by atoms with van der Waals surface area (Å²) in [5, 5.41) is 2.82. The van der Waals surface area contributed by atoms with Gasteiger partial charge in [-0.1, -0.05) is 49.8 Å². The van der Waals surface area contributed by atoms with E-state index in [9.17, 15) is 4.79 Å². The Morgan fingerprint density at radius 2 is 1.81 bits per heavy atom. The second-order valence-electron chi connectivity index (χ2n) is 4.24. The minimum atomic E-state index is -0.121. The van der Waals surface area contributed by atoms with Gasteiger partial charge < -0.3 is 10.1 Å². The average molecular weight is 289 g/mol. The number of carbonyl (C=O) groups excluding carboxylic acids is 1. The van der Waals surface area contributed by atoms with Crippen LogP contribution in [0, 0.1) is 6.92 Å². The Labute approximate surface area is 128 Å². The molecule has 116 valence electrons. The molecule has 3 nitrogen and oxygen atoms in total. The van der Waals surface area contributed by atoms with Gasteiger partial charge in [-0.15, -0.1) is 0 Å². The van der Waals surface area contributed by atoms with Crippen molar-refractivity contribution in [3.8, 4) is 5.75 Å². The number of allylic oxidation sites excluding steroid dienone is 2. The van der Waals surface area contributed by atoms with E-state index in [1.54, 1.807) is 0 Å². The van der Waals surface area contributed by atoms with Crippen molar-refractivity contribution in [2.45, 2.75) is 34.6 Å². The molecular formula is C18H27NO2. The molecule has 0 saturated carbocycles. The van der Waals surface area contributed by atoms with Crippen molar-refractivity contribution >= 4 is 5.91 Å². The minimum Gasteiger partial charge on any atom is -0.484 e. The molecule has 0 heterocycles. The first kappa shape index (κ1) is 19.0. The third-order valence-corrected chi connectivity index (χ3v) is 2.63. The highest BCUT2D eigenvalue weighted by molar-refractivity contribution is 5.77. The standard InChI is InChI=1S/C16H21NO2.C2H6/c1-4-6-14(5-2)11-17-16(18)12-19-15-9-7-13(3)8-10-15;1-2/h4-10H,11-12H2,1-3H3,(H,17,18);1-2H3/b6-4-,14-5+;. The molecular weight excluding hydrogens is 262 g/mol. The third-order valence-electron chi connectivity index (χ3n) is 2.63. The molecule has 0 aliphatic heterocycles. The molecule has 1 N–H and O–H groups in total. The van der Waals surface area contributed by atoms with E-state index >= 15 is 0 Å². The van der Waals surface area contributed by atoms with Gasteiger partial charge in [0.15, 0.2) is 6.61 Å². The molecule has 0 unspecified atom stereocenters. The fourth-order valence-electron chi connectivity index (χ4n) is 1.51. The largest absolute Gasteiger partial charge is 0.484 e. The van der Waals surface area contributed by atoms with E-state index in [-0.39, 0.29) is 12.5 Å². The summed E-state index contributed by atoms with van der Waals surface area (Å²) in [7, 11) is 0. The number of carbonyl (C=O) groups is 1. The average Bonchev–Trinajstić information content (AvgIpc) is 2.52. The Morgan fingerprint density at radius 3 is 2.33 bits per heavy atom. The normalized spacial score (nSPS) is 10.8. The lowest BCUT2D eigenvalue weighted by Crippen LogP contribution is -2.30. The lowest BCUT2D eigenvalue weighted by atomic mass is 10.2. The maximum atomic E-state index is 11.6. The number of nitrogens with one attached hydrogen (secondary N) is 1. The SMILES string of the molecule is C/C=C\C(=C/C)CNC(=O)COc1ccc(C)cc1.CC. The highest BCUT2D eigenvalue weighted by Crippen LogP contribution is 2.10. The smallest absolute Gasteiger partial charge is 0.258 e. The Kier molecular flexibility index (Phi) is 10.6. The first-order valence-corrected chi connectivity index (χ1v) is 7.39. The quantitative estimate of drug-likeness (QED) is 0.803. The van der Waals surface area contributed by atoms with Crippen LogP contribution in [0.15, 0.2) is 48.1 Å². The van der Waals surface area contributed by atoms with Gasteiger partial charge in [-0.3, -0.25) is 4.79 Å². The summed E-state index contributed by atoms with van der Waals surface area (Å²) in [6.07, 6.45) is 5.90. The number of hydrogen-bond donors (Lipinski definition) is 1. The molecule has 1 aromatic rings. The third kappa shape index (κ3) is 8.69. The second-order valence-corrected chi connectivity index (χ2v) is 4.24. The van der Waals surface area contributed by atoms with E-state index in [0.717, 1.165) is 5.57 Å². The predicted molar refractivity (Wildman–Crippen MR) is 89.6 cm³/mol. The van der Waals surface area contributed by atoms with Crippen LogP contribution < -0.4 is 10.1 Å². The fraction of sp³-hybridized carbons (Fsp3) is 0.389. The van der Waals surface area contributed by atoms with Crippen molar-refractivity contribution in [3.05, 3.63) is 53.6 Å². The van der Waals surface area contributed by atoms with E-state index in [1.807, 2.05) is 77.1 Å². The highest BCUT2D eigenvalue weighted by atomic mass is 16.5. The monoisotopic (exact) mass is 289 g/mol. The van der Waals surface area contributed by atoms with Crippen LogP contribution in [0.3, 0.4) is 0 Å². The number of rotatable bonds is 6. The number of aryl methyl sites for hydroxylation is 1. The van der Waals surface area contributed by atoms with Gasteiger partial charge in [0, 0.05) is 6.54 Å². The summed E-state index contributed by atoms with van der Waals surface area (Å²) in [6, 6.07) is 7.63.